The predicted octanol–water partition coefficient (Wildman–Crippen LogP) is 2.76. The van der Waals surface area contributed by atoms with Gasteiger partial charge in [0, 0.05) is 11.8 Å². The molecule has 1 aromatic heterocycles. The van der Waals surface area contributed by atoms with Crippen molar-refractivity contribution in [3.05, 3.63) is 40.8 Å². The van der Waals surface area contributed by atoms with Gasteiger partial charge in [0.05, 0.1) is 9.93 Å². The lowest BCUT2D eigenvalue weighted by Gasteiger charge is -2.10. The number of carbonyl (C=O) groups excluding carboxylic acids is 1. The van der Waals surface area contributed by atoms with E-state index in [9.17, 15) is 26.4 Å². The summed E-state index contributed by atoms with van der Waals surface area (Å²) in [5, 5.41) is 2.50. The van der Waals surface area contributed by atoms with Gasteiger partial charge in [-0.05, 0) is 24.5 Å². The van der Waals surface area contributed by atoms with Gasteiger partial charge < -0.3 is 15.0 Å². The summed E-state index contributed by atoms with van der Waals surface area (Å²) < 4.78 is 72.4. The Labute approximate surface area is 189 Å². The zero-order valence-electron chi connectivity index (χ0n) is 16.5. The first-order valence-electron chi connectivity index (χ1n) is 8.41. The van der Waals surface area contributed by atoms with Crippen LogP contribution in [0, 0.1) is 0 Å². The molecule has 0 aliphatic carbocycles. The number of aliphatic imine (C=N–C) groups is 1. The Kier molecular flexibility index (Phi) is 8.31. The number of benzene rings is 1. The molecule has 2 rings (SSSR count). The number of hydrogen-bond donors (Lipinski definition) is 1. The first-order chi connectivity index (χ1) is 14.8. The van der Waals surface area contributed by atoms with Gasteiger partial charge in [0.2, 0.25) is 5.82 Å². The average Bonchev–Trinajstić information content (AvgIpc) is 3.20. The van der Waals surface area contributed by atoms with Gasteiger partial charge in [0.1, 0.15) is 23.9 Å². The van der Waals surface area contributed by atoms with Gasteiger partial charge in [-0.3, -0.25) is 9.79 Å². The summed E-state index contributed by atoms with van der Waals surface area (Å²) in [5.74, 6) is -1.55. The minimum atomic E-state index is -4.99. The lowest BCUT2D eigenvalue weighted by Crippen LogP contribution is -2.24. The number of carbonyl (C=O) groups is 1. The van der Waals surface area contributed by atoms with Crippen molar-refractivity contribution in [2.45, 2.75) is 11.1 Å². The molecule has 1 heterocycles. The predicted molar refractivity (Wildman–Crippen MR) is 112 cm³/mol. The summed E-state index contributed by atoms with van der Waals surface area (Å²) in [7, 11) is -3.55. The molecule has 0 radical (unpaired) electrons. The van der Waals surface area contributed by atoms with E-state index < -0.39 is 50.8 Å². The van der Waals surface area contributed by atoms with Crippen LogP contribution in [0.15, 0.2) is 49.4 Å². The van der Waals surface area contributed by atoms with E-state index in [0.717, 1.165) is 6.26 Å². The number of nitrogens with two attached hydrogens (primary N) is 1. The number of esters is 1. The van der Waals surface area contributed by atoms with E-state index in [0.29, 0.717) is 0 Å². The largest absolute Gasteiger partial charge is 0.453 e. The van der Waals surface area contributed by atoms with E-state index >= 15 is 0 Å². The highest BCUT2D eigenvalue weighted by Crippen LogP contribution is 2.28. The SMILES string of the molecule is CSCOC(=O)CN=C(/C(Cl)=C(\N)C(F)(F)F)c1noc(-c2cccc(S(C)(=O)=O)c2)n1. The fraction of sp³-hybridized carbons (Fsp3) is 0.294. The molecule has 0 aliphatic heterocycles. The summed E-state index contributed by atoms with van der Waals surface area (Å²) in [6, 6.07) is 5.45. The number of ether oxygens (including phenoxy) is 1. The maximum Gasteiger partial charge on any atom is 0.432 e. The maximum atomic E-state index is 13.0. The molecule has 2 aromatic rings. The Balaban J connectivity index is 2.50. The van der Waals surface area contributed by atoms with Crippen molar-refractivity contribution in [2.75, 3.05) is 25.0 Å². The Morgan fingerprint density at radius 1 is 1.38 bits per heavy atom. The summed E-state index contributed by atoms with van der Waals surface area (Å²) in [4.78, 5) is 19.3. The molecular formula is C17H16ClF3N4O5S2. The van der Waals surface area contributed by atoms with Crippen LogP contribution in [0.25, 0.3) is 11.5 Å². The van der Waals surface area contributed by atoms with Gasteiger partial charge >= 0.3 is 12.1 Å². The van der Waals surface area contributed by atoms with Crippen LogP contribution in [0.4, 0.5) is 13.2 Å². The molecule has 0 saturated heterocycles. The number of alkyl halides is 3. The number of aromatic nitrogens is 2. The van der Waals surface area contributed by atoms with Crippen molar-refractivity contribution < 1.29 is 35.6 Å². The molecule has 174 valence electrons. The summed E-state index contributed by atoms with van der Waals surface area (Å²) in [6.45, 7) is -0.690. The fourth-order valence-corrected chi connectivity index (χ4v) is 3.27. The second-order valence-electron chi connectivity index (χ2n) is 6.04. The second-order valence-corrected chi connectivity index (χ2v) is 9.24. The lowest BCUT2D eigenvalue weighted by atomic mass is 10.2. The van der Waals surface area contributed by atoms with Crippen molar-refractivity contribution in [1.82, 2.24) is 10.1 Å². The third-order valence-corrected chi connectivity index (χ3v) is 5.45. The number of thioether (sulfide) groups is 1. The lowest BCUT2D eigenvalue weighted by molar-refractivity contribution is -0.139. The highest BCUT2D eigenvalue weighted by atomic mass is 35.5. The molecule has 0 spiro atoms. The maximum absolute atomic E-state index is 13.0. The molecule has 1 aromatic carbocycles. The Hall–Kier alpha value is -2.58. The van der Waals surface area contributed by atoms with Crippen LogP contribution in [0.3, 0.4) is 0 Å². The first kappa shape index (κ1) is 25.7. The van der Waals surface area contributed by atoms with Crippen LogP contribution in [-0.2, 0) is 19.4 Å². The highest BCUT2D eigenvalue weighted by Gasteiger charge is 2.36. The Morgan fingerprint density at radius 2 is 2.06 bits per heavy atom. The zero-order chi connectivity index (χ0) is 24.1. The van der Waals surface area contributed by atoms with Gasteiger partial charge in [-0.2, -0.15) is 18.2 Å². The fourth-order valence-electron chi connectivity index (χ4n) is 2.10. The molecule has 0 saturated carbocycles. The molecular weight excluding hydrogens is 497 g/mol. The van der Waals surface area contributed by atoms with Crippen LogP contribution < -0.4 is 5.73 Å². The normalized spacial score (nSPS) is 13.6. The standard InChI is InChI=1S/C17H16ClF3N4O5S2/c1-31-8-29-11(26)7-23-13(12(18)14(22)17(19,20)21)15-24-16(30-25-15)9-4-3-5-10(6-9)32(2,27)28/h3-6H,7-8,22H2,1-2H3/b14-12+,23-13?. The van der Waals surface area contributed by atoms with E-state index in [1.807, 2.05) is 0 Å². The molecule has 32 heavy (non-hydrogen) atoms. The smallest absolute Gasteiger partial charge is 0.432 e. The summed E-state index contributed by atoms with van der Waals surface area (Å²) >= 11 is 6.99. The van der Waals surface area contributed by atoms with Crippen LogP contribution in [-0.4, -0.2) is 61.4 Å². The van der Waals surface area contributed by atoms with Crippen LogP contribution in [0.5, 0.6) is 0 Å². The second kappa shape index (κ2) is 10.4. The van der Waals surface area contributed by atoms with Gasteiger partial charge in [0.25, 0.3) is 5.89 Å². The number of nitrogens with zero attached hydrogens (tertiary/aromatic N) is 3. The molecule has 2 N–H and O–H groups in total. The summed E-state index contributed by atoms with van der Waals surface area (Å²) in [6.07, 6.45) is -2.32. The van der Waals surface area contributed by atoms with Crippen molar-refractivity contribution in [3.8, 4) is 11.5 Å². The van der Waals surface area contributed by atoms with Crippen molar-refractivity contribution >= 4 is 44.9 Å². The number of allylic oxidation sites excluding steroid dienone is 2. The van der Waals surface area contributed by atoms with Gasteiger partial charge in [-0.1, -0.05) is 22.8 Å². The highest BCUT2D eigenvalue weighted by molar-refractivity contribution is 7.98. The van der Waals surface area contributed by atoms with E-state index in [4.69, 9.17) is 26.6 Å². The summed E-state index contributed by atoms with van der Waals surface area (Å²) in [5.41, 5.74) is 2.91. The topological polar surface area (TPSA) is 138 Å². The molecule has 0 fully saturated rings. The van der Waals surface area contributed by atoms with E-state index in [-0.39, 0.29) is 22.3 Å². The van der Waals surface area contributed by atoms with Gasteiger partial charge in [-0.25, -0.2) is 8.42 Å². The first-order valence-corrected chi connectivity index (χ1v) is 12.1. The average molecular weight is 513 g/mol. The van der Waals surface area contributed by atoms with Gasteiger partial charge in [0.15, 0.2) is 9.84 Å². The zero-order valence-corrected chi connectivity index (χ0v) is 18.9. The Morgan fingerprint density at radius 3 is 2.66 bits per heavy atom. The van der Waals surface area contributed by atoms with Crippen molar-refractivity contribution in [3.63, 3.8) is 0 Å². The quantitative estimate of drug-likeness (QED) is 0.321. The van der Waals surface area contributed by atoms with Crippen LogP contribution in [0.1, 0.15) is 5.82 Å². The minimum Gasteiger partial charge on any atom is -0.453 e. The monoisotopic (exact) mass is 512 g/mol. The number of rotatable bonds is 8. The van der Waals surface area contributed by atoms with Crippen LogP contribution >= 0.6 is 23.4 Å². The number of hydrogen-bond acceptors (Lipinski definition) is 10. The molecule has 0 unspecified atom stereocenters. The van der Waals surface area contributed by atoms with Gasteiger partial charge in [-0.15, -0.1) is 11.8 Å². The molecule has 0 atom stereocenters. The molecule has 0 bridgehead atoms. The third-order valence-electron chi connectivity index (χ3n) is 3.60. The molecule has 9 nitrogen and oxygen atoms in total. The number of halogens is 4. The van der Waals surface area contributed by atoms with Crippen LogP contribution in [0.2, 0.25) is 0 Å². The minimum absolute atomic E-state index is 0.0149. The van der Waals surface area contributed by atoms with E-state index in [1.165, 1.54) is 36.0 Å². The molecule has 0 amide bonds. The third kappa shape index (κ3) is 6.71. The Bertz CT molecular complexity index is 1160. The van der Waals surface area contributed by atoms with Crippen molar-refractivity contribution in [2.24, 2.45) is 10.7 Å². The van der Waals surface area contributed by atoms with E-state index in [2.05, 4.69) is 15.1 Å². The number of sulfone groups is 1. The molecule has 0 aliphatic rings. The van der Waals surface area contributed by atoms with Crippen molar-refractivity contribution in [1.29, 1.82) is 0 Å². The van der Waals surface area contributed by atoms with E-state index in [1.54, 1.807) is 6.26 Å². The molecule has 15 heteroatoms.